The van der Waals surface area contributed by atoms with Crippen LogP contribution in [-0.2, 0) is 0 Å². The molecule has 2 rings (SSSR count). The maximum atomic E-state index is 9.23. The molecule has 0 spiro atoms. The molecule has 0 fully saturated rings. The number of methoxy groups -OCH3 is 3. The zero-order valence-electron chi connectivity index (χ0n) is 13.1. The second-order valence-corrected chi connectivity index (χ2v) is 5.54. The van der Waals surface area contributed by atoms with Crippen LogP contribution < -0.4 is 14.2 Å². The fourth-order valence-electron chi connectivity index (χ4n) is 2.13. The van der Waals surface area contributed by atoms with Gasteiger partial charge in [-0.3, -0.25) is 0 Å². The molecule has 0 aromatic heterocycles. The summed E-state index contributed by atoms with van der Waals surface area (Å²) in [6.07, 6.45) is 3.75. The topological polar surface area (TPSA) is 51.5 Å². The SMILES string of the molecule is COc1cc(OC)c(OC)cc1C=Cc1ccc(Br)cc1C#N. The first-order valence-corrected chi connectivity index (χ1v) is 7.60. The predicted molar refractivity (Wildman–Crippen MR) is 93.9 cm³/mol. The van der Waals surface area contributed by atoms with Gasteiger partial charge in [0.05, 0.1) is 33.0 Å². The Morgan fingerprint density at radius 3 is 2.09 bits per heavy atom. The van der Waals surface area contributed by atoms with E-state index in [4.69, 9.17) is 14.2 Å². The summed E-state index contributed by atoms with van der Waals surface area (Å²) in [6.45, 7) is 0. The van der Waals surface area contributed by atoms with Crippen molar-refractivity contribution in [1.29, 1.82) is 5.26 Å². The molecular formula is C18H16BrNO3. The van der Waals surface area contributed by atoms with E-state index in [-0.39, 0.29) is 0 Å². The molecule has 0 aliphatic rings. The van der Waals surface area contributed by atoms with Crippen molar-refractivity contribution in [2.45, 2.75) is 0 Å². The van der Waals surface area contributed by atoms with Crippen LogP contribution in [0.3, 0.4) is 0 Å². The van der Waals surface area contributed by atoms with E-state index in [1.54, 1.807) is 33.5 Å². The van der Waals surface area contributed by atoms with Crippen molar-refractivity contribution in [3.8, 4) is 23.3 Å². The summed E-state index contributed by atoms with van der Waals surface area (Å²) in [5, 5.41) is 9.23. The average Bonchev–Trinajstić information content (AvgIpc) is 2.59. The summed E-state index contributed by atoms with van der Waals surface area (Å²) in [5.74, 6) is 1.88. The van der Waals surface area contributed by atoms with Crippen molar-refractivity contribution in [2.75, 3.05) is 21.3 Å². The first-order valence-electron chi connectivity index (χ1n) is 6.80. The number of hydrogen-bond donors (Lipinski definition) is 0. The van der Waals surface area contributed by atoms with Crippen LogP contribution in [0.5, 0.6) is 17.2 Å². The van der Waals surface area contributed by atoms with Crippen LogP contribution in [-0.4, -0.2) is 21.3 Å². The molecule has 118 valence electrons. The maximum Gasteiger partial charge on any atom is 0.164 e. The lowest BCUT2D eigenvalue weighted by Crippen LogP contribution is -1.94. The third-order valence-corrected chi connectivity index (χ3v) is 3.81. The number of hydrogen-bond acceptors (Lipinski definition) is 4. The molecule has 5 heteroatoms. The standard InChI is InChI=1S/C18H16BrNO3/c1-21-16-10-18(23-3)17(22-2)9-13(16)5-4-12-6-7-15(19)8-14(12)11-20/h4-10H,1-3H3. The highest BCUT2D eigenvalue weighted by molar-refractivity contribution is 9.10. The molecule has 0 amide bonds. The van der Waals surface area contributed by atoms with Crippen molar-refractivity contribution < 1.29 is 14.2 Å². The van der Waals surface area contributed by atoms with E-state index in [2.05, 4.69) is 22.0 Å². The van der Waals surface area contributed by atoms with Crippen molar-refractivity contribution in [3.05, 3.63) is 51.5 Å². The van der Waals surface area contributed by atoms with E-state index >= 15 is 0 Å². The maximum absolute atomic E-state index is 9.23. The Bertz CT molecular complexity index is 779. The Hall–Kier alpha value is -2.45. The van der Waals surface area contributed by atoms with Gasteiger partial charge in [-0.1, -0.05) is 34.1 Å². The molecule has 0 saturated heterocycles. The molecule has 0 radical (unpaired) electrons. The van der Waals surface area contributed by atoms with E-state index in [0.717, 1.165) is 15.6 Å². The van der Waals surface area contributed by atoms with Gasteiger partial charge in [0.25, 0.3) is 0 Å². The van der Waals surface area contributed by atoms with Gasteiger partial charge in [-0.25, -0.2) is 0 Å². The minimum absolute atomic E-state index is 0.593. The van der Waals surface area contributed by atoms with Crippen molar-refractivity contribution >= 4 is 28.1 Å². The average molecular weight is 374 g/mol. The highest BCUT2D eigenvalue weighted by Gasteiger charge is 2.10. The van der Waals surface area contributed by atoms with Gasteiger partial charge in [-0.15, -0.1) is 0 Å². The number of nitrogens with zero attached hydrogens (tertiary/aromatic N) is 1. The highest BCUT2D eigenvalue weighted by atomic mass is 79.9. The summed E-state index contributed by atoms with van der Waals surface area (Å²) >= 11 is 3.37. The third kappa shape index (κ3) is 3.85. The molecule has 0 aliphatic heterocycles. The molecule has 0 heterocycles. The van der Waals surface area contributed by atoms with E-state index < -0.39 is 0 Å². The quantitative estimate of drug-likeness (QED) is 0.723. The Morgan fingerprint density at radius 2 is 1.48 bits per heavy atom. The van der Waals surface area contributed by atoms with Gasteiger partial charge >= 0.3 is 0 Å². The first kappa shape index (κ1) is 16.9. The molecule has 0 unspecified atom stereocenters. The van der Waals surface area contributed by atoms with E-state index in [9.17, 15) is 5.26 Å². The van der Waals surface area contributed by atoms with Crippen molar-refractivity contribution in [3.63, 3.8) is 0 Å². The summed E-state index contributed by atoms with van der Waals surface area (Å²) < 4.78 is 16.8. The Morgan fingerprint density at radius 1 is 0.870 bits per heavy atom. The molecule has 0 N–H and O–H groups in total. The Labute approximate surface area is 144 Å². The molecule has 0 aliphatic carbocycles. The Kier molecular flexibility index (Phi) is 5.67. The molecule has 0 saturated carbocycles. The number of rotatable bonds is 5. The van der Waals surface area contributed by atoms with Gasteiger partial charge in [0, 0.05) is 16.1 Å². The number of benzene rings is 2. The van der Waals surface area contributed by atoms with Gasteiger partial charge in [0.2, 0.25) is 0 Å². The zero-order chi connectivity index (χ0) is 16.8. The van der Waals surface area contributed by atoms with E-state index in [1.165, 1.54) is 0 Å². The smallest absolute Gasteiger partial charge is 0.164 e. The van der Waals surface area contributed by atoms with Crippen LogP contribution in [0.15, 0.2) is 34.8 Å². The summed E-state index contributed by atoms with van der Waals surface area (Å²) in [6, 6.07) is 11.3. The number of halogens is 1. The number of nitriles is 1. The lowest BCUT2D eigenvalue weighted by molar-refractivity contribution is 0.348. The van der Waals surface area contributed by atoms with Crippen LogP contribution in [0.2, 0.25) is 0 Å². The zero-order valence-corrected chi connectivity index (χ0v) is 14.7. The minimum Gasteiger partial charge on any atom is -0.496 e. The van der Waals surface area contributed by atoms with Gasteiger partial charge in [0.1, 0.15) is 5.75 Å². The molecular weight excluding hydrogens is 358 g/mol. The second-order valence-electron chi connectivity index (χ2n) is 4.63. The van der Waals surface area contributed by atoms with Crippen LogP contribution >= 0.6 is 15.9 Å². The number of ether oxygens (including phenoxy) is 3. The van der Waals surface area contributed by atoms with Crippen LogP contribution in [0, 0.1) is 11.3 Å². The first-order chi connectivity index (χ1) is 11.1. The molecule has 0 atom stereocenters. The fourth-order valence-corrected chi connectivity index (χ4v) is 2.49. The lowest BCUT2D eigenvalue weighted by atomic mass is 10.1. The fraction of sp³-hybridized carbons (Fsp3) is 0.167. The molecule has 2 aromatic rings. The summed E-state index contributed by atoms with van der Waals surface area (Å²) in [4.78, 5) is 0. The van der Waals surface area contributed by atoms with E-state index in [0.29, 0.717) is 22.8 Å². The van der Waals surface area contributed by atoms with Gasteiger partial charge < -0.3 is 14.2 Å². The molecule has 4 nitrogen and oxygen atoms in total. The Balaban J connectivity index is 2.45. The predicted octanol–water partition coefficient (Wildman–Crippen LogP) is 4.52. The molecule has 2 aromatic carbocycles. The minimum atomic E-state index is 0.593. The third-order valence-electron chi connectivity index (χ3n) is 3.31. The largest absolute Gasteiger partial charge is 0.496 e. The lowest BCUT2D eigenvalue weighted by Gasteiger charge is -2.12. The van der Waals surface area contributed by atoms with Crippen LogP contribution in [0.25, 0.3) is 12.2 Å². The molecule has 0 bridgehead atoms. The highest BCUT2D eigenvalue weighted by Crippen LogP contribution is 2.35. The van der Waals surface area contributed by atoms with Gasteiger partial charge in [-0.2, -0.15) is 5.26 Å². The van der Waals surface area contributed by atoms with Gasteiger partial charge in [-0.05, 0) is 23.8 Å². The summed E-state index contributed by atoms with van der Waals surface area (Å²) in [5.41, 5.74) is 2.25. The second kappa shape index (κ2) is 7.70. The van der Waals surface area contributed by atoms with E-state index in [1.807, 2.05) is 30.4 Å². The van der Waals surface area contributed by atoms with Crippen LogP contribution in [0.4, 0.5) is 0 Å². The molecule has 23 heavy (non-hydrogen) atoms. The van der Waals surface area contributed by atoms with Crippen molar-refractivity contribution in [2.24, 2.45) is 0 Å². The van der Waals surface area contributed by atoms with Crippen LogP contribution in [0.1, 0.15) is 16.7 Å². The van der Waals surface area contributed by atoms with Crippen molar-refractivity contribution in [1.82, 2.24) is 0 Å². The monoisotopic (exact) mass is 373 g/mol. The normalized spacial score (nSPS) is 10.4. The van der Waals surface area contributed by atoms with Gasteiger partial charge in [0.15, 0.2) is 11.5 Å². The summed E-state index contributed by atoms with van der Waals surface area (Å²) in [7, 11) is 4.76.